The molecule has 2 aliphatic rings. The van der Waals surface area contributed by atoms with Crippen LogP contribution in [0.5, 0.6) is 17.2 Å². The fourth-order valence-electron chi connectivity index (χ4n) is 8.30. The molecule has 59 heavy (non-hydrogen) atoms. The lowest BCUT2D eigenvalue weighted by atomic mass is 9.77. The van der Waals surface area contributed by atoms with Gasteiger partial charge in [-0.3, -0.25) is 4.79 Å². The summed E-state index contributed by atoms with van der Waals surface area (Å²) in [5, 5.41) is 8.14. The number of ether oxygens (including phenoxy) is 4. The SMILES string of the molecule is C=CC(=O)OCCCOc1ccc(OC(=O)C2CCC(COc3ccc(C4CCC(CCC)CC4)cc3/C=N/N(CCCCCC)c3nc4ccccc4s3)CC2)cc1. The van der Waals surface area contributed by atoms with E-state index in [9.17, 15) is 9.59 Å². The first-order valence-electron chi connectivity index (χ1n) is 22.1. The van der Waals surface area contributed by atoms with Gasteiger partial charge in [-0.25, -0.2) is 14.8 Å². The van der Waals surface area contributed by atoms with Crippen LogP contribution in [-0.4, -0.2) is 49.5 Å². The fourth-order valence-corrected chi connectivity index (χ4v) is 9.25. The van der Waals surface area contributed by atoms with E-state index < -0.39 is 5.97 Å². The Bertz CT molecular complexity index is 1910. The summed E-state index contributed by atoms with van der Waals surface area (Å²) in [5.41, 5.74) is 3.40. The van der Waals surface area contributed by atoms with Crippen LogP contribution < -0.4 is 19.2 Å². The standard InChI is InChI=1S/C49H63N3O6S/c1-4-7-8-11-30-52(49-51-44-14-9-10-15-46(44)59-49)50-34-41-33-40(38-20-16-36(13-5-2)17-21-38)24-29-45(41)57-35-37-18-22-39(23-19-37)48(54)58-43-27-25-42(26-28-43)55-31-12-32-56-47(53)6-3/h6,9-10,14-15,24-29,33-34,36-39H,3-5,7-8,11-13,16-23,30-32,35H2,1-2H3/b50-34+. The molecule has 4 aromatic rings. The summed E-state index contributed by atoms with van der Waals surface area (Å²) in [6.45, 7) is 10.0. The minimum absolute atomic E-state index is 0.138. The number of fused-ring (bicyclic) bond motifs is 1. The number of unbranched alkanes of at least 4 members (excludes halogenated alkanes) is 3. The van der Waals surface area contributed by atoms with Crippen LogP contribution in [0.1, 0.15) is 127 Å². The highest BCUT2D eigenvalue weighted by Gasteiger charge is 2.29. The lowest BCUT2D eigenvalue weighted by Crippen LogP contribution is -2.27. The number of hydrogen-bond donors (Lipinski definition) is 0. The molecule has 316 valence electrons. The van der Waals surface area contributed by atoms with E-state index in [1.54, 1.807) is 35.6 Å². The Morgan fingerprint density at radius 3 is 2.34 bits per heavy atom. The monoisotopic (exact) mass is 821 g/mol. The molecule has 2 saturated carbocycles. The second-order valence-electron chi connectivity index (χ2n) is 16.2. The average molecular weight is 822 g/mol. The lowest BCUT2D eigenvalue weighted by molar-refractivity contribution is -0.140. The van der Waals surface area contributed by atoms with Crippen molar-refractivity contribution in [1.29, 1.82) is 0 Å². The molecular formula is C49H63N3O6S. The summed E-state index contributed by atoms with van der Waals surface area (Å²) < 4.78 is 24.3. The van der Waals surface area contributed by atoms with Gasteiger partial charge in [0.2, 0.25) is 5.13 Å². The van der Waals surface area contributed by atoms with Gasteiger partial charge >= 0.3 is 11.9 Å². The molecule has 1 aromatic heterocycles. The first-order valence-corrected chi connectivity index (χ1v) is 22.9. The van der Waals surface area contributed by atoms with E-state index in [2.05, 4.69) is 61.8 Å². The summed E-state index contributed by atoms with van der Waals surface area (Å²) in [5.74, 6) is 3.03. The third kappa shape index (κ3) is 13.4. The van der Waals surface area contributed by atoms with Crippen molar-refractivity contribution < 1.29 is 28.5 Å². The van der Waals surface area contributed by atoms with Crippen molar-refractivity contribution in [2.45, 2.75) is 116 Å². The highest BCUT2D eigenvalue weighted by Crippen LogP contribution is 2.39. The van der Waals surface area contributed by atoms with Crippen molar-refractivity contribution in [3.63, 3.8) is 0 Å². The van der Waals surface area contributed by atoms with Crippen molar-refractivity contribution >= 4 is 44.8 Å². The zero-order chi connectivity index (χ0) is 41.2. The van der Waals surface area contributed by atoms with Crippen LogP contribution in [0.15, 0.2) is 84.5 Å². The normalized spacial score (nSPS) is 19.4. The number of hydrogen-bond acceptors (Lipinski definition) is 10. The molecule has 0 saturated heterocycles. The Balaban J connectivity index is 1.06. The number of aromatic nitrogens is 1. The van der Waals surface area contributed by atoms with Gasteiger partial charge in [0.25, 0.3) is 0 Å². The van der Waals surface area contributed by atoms with Crippen LogP contribution in [0.25, 0.3) is 10.2 Å². The molecule has 0 N–H and O–H groups in total. The largest absolute Gasteiger partial charge is 0.493 e. The number of hydrazone groups is 1. The molecule has 0 unspecified atom stereocenters. The van der Waals surface area contributed by atoms with Gasteiger partial charge in [0, 0.05) is 24.6 Å². The minimum atomic E-state index is -0.443. The molecule has 0 atom stereocenters. The summed E-state index contributed by atoms with van der Waals surface area (Å²) in [4.78, 5) is 29.3. The first-order chi connectivity index (χ1) is 28.9. The van der Waals surface area contributed by atoms with Crippen LogP contribution in [-0.2, 0) is 14.3 Å². The third-order valence-electron chi connectivity index (χ3n) is 11.8. The van der Waals surface area contributed by atoms with Crippen molar-refractivity contribution in [2.24, 2.45) is 22.9 Å². The van der Waals surface area contributed by atoms with E-state index in [-0.39, 0.29) is 18.5 Å². The quantitative estimate of drug-likeness (QED) is 0.0193. The molecule has 0 aliphatic heterocycles. The molecule has 9 nitrogen and oxygen atoms in total. The molecule has 6 rings (SSSR count). The Kier molecular flexibility index (Phi) is 17.2. The number of carbonyl (C=O) groups excluding carboxylic acids is 2. The number of para-hydroxylation sites is 1. The van der Waals surface area contributed by atoms with Gasteiger partial charge in [-0.05, 0) is 130 Å². The molecule has 2 fully saturated rings. The number of carbonyl (C=O) groups is 2. The van der Waals surface area contributed by atoms with E-state index in [1.165, 1.54) is 68.1 Å². The smallest absolute Gasteiger partial charge is 0.330 e. The van der Waals surface area contributed by atoms with Crippen LogP contribution in [0.4, 0.5) is 5.13 Å². The van der Waals surface area contributed by atoms with Crippen LogP contribution in [0.3, 0.4) is 0 Å². The van der Waals surface area contributed by atoms with Gasteiger partial charge < -0.3 is 18.9 Å². The predicted molar refractivity (Wildman–Crippen MR) is 239 cm³/mol. The van der Waals surface area contributed by atoms with Gasteiger partial charge in [0.05, 0.1) is 42.2 Å². The van der Waals surface area contributed by atoms with Crippen LogP contribution in [0.2, 0.25) is 0 Å². The molecule has 0 spiro atoms. The molecular weight excluding hydrogens is 759 g/mol. The number of esters is 2. The molecule has 0 radical (unpaired) electrons. The molecule has 1 heterocycles. The van der Waals surface area contributed by atoms with Crippen molar-refractivity contribution in [3.05, 3.63) is 90.5 Å². The zero-order valence-electron chi connectivity index (χ0n) is 35.2. The topological polar surface area (TPSA) is 99.5 Å². The highest BCUT2D eigenvalue weighted by atomic mass is 32.1. The molecule has 2 aliphatic carbocycles. The fraction of sp³-hybridized carbons (Fsp3) is 0.510. The minimum Gasteiger partial charge on any atom is -0.493 e. The van der Waals surface area contributed by atoms with E-state index in [4.69, 9.17) is 29.0 Å². The van der Waals surface area contributed by atoms with Crippen molar-refractivity contribution in [1.82, 2.24) is 4.98 Å². The van der Waals surface area contributed by atoms with Gasteiger partial charge in [0.1, 0.15) is 17.2 Å². The summed E-state index contributed by atoms with van der Waals surface area (Å²) >= 11 is 1.69. The van der Waals surface area contributed by atoms with E-state index in [0.29, 0.717) is 43.0 Å². The molecule has 0 amide bonds. The second kappa shape index (κ2) is 23.2. The van der Waals surface area contributed by atoms with Crippen LogP contribution >= 0.6 is 11.3 Å². The van der Waals surface area contributed by atoms with E-state index >= 15 is 0 Å². The Morgan fingerprint density at radius 1 is 0.831 bits per heavy atom. The predicted octanol–water partition coefficient (Wildman–Crippen LogP) is 12.1. The van der Waals surface area contributed by atoms with E-state index in [0.717, 1.165) is 72.6 Å². The molecule has 10 heteroatoms. The first kappa shape index (κ1) is 43.9. The summed E-state index contributed by atoms with van der Waals surface area (Å²) in [6.07, 6.45) is 19.4. The Labute approximate surface area is 355 Å². The number of benzene rings is 3. The van der Waals surface area contributed by atoms with E-state index in [1.807, 2.05) is 12.3 Å². The number of anilines is 1. The number of rotatable bonds is 22. The van der Waals surface area contributed by atoms with Gasteiger partial charge in [-0.15, -0.1) is 0 Å². The molecule has 0 bridgehead atoms. The van der Waals surface area contributed by atoms with Gasteiger partial charge in [0.15, 0.2) is 0 Å². The highest BCUT2D eigenvalue weighted by molar-refractivity contribution is 7.22. The van der Waals surface area contributed by atoms with Crippen molar-refractivity contribution in [2.75, 3.05) is 31.4 Å². The molecule has 3 aromatic carbocycles. The number of thiazole rings is 1. The summed E-state index contributed by atoms with van der Waals surface area (Å²) in [7, 11) is 0. The maximum absolute atomic E-state index is 13.1. The Hall–Kier alpha value is -4.70. The van der Waals surface area contributed by atoms with Gasteiger partial charge in [-0.2, -0.15) is 5.10 Å². The van der Waals surface area contributed by atoms with Crippen molar-refractivity contribution in [3.8, 4) is 17.2 Å². The lowest BCUT2D eigenvalue weighted by Gasteiger charge is -2.29. The zero-order valence-corrected chi connectivity index (χ0v) is 36.0. The third-order valence-corrected chi connectivity index (χ3v) is 12.8. The summed E-state index contributed by atoms with van der Waals surface area (Å²) in [6, 6.07) is 22.1. The van der Waals surface area contributed by atoms with Crippen LogP contribution in [0, 0.1) is 17.8 Å². The Morgan fingerprint density at radius 2 is 1.59 bits per heavy atom. The maximum atomic E-state index is 13.1. The number of nitrogens with zero attached hydrogens (tertiary/aromatic N) is 3. The average Bonchev–Trinajstić information content (AvgIpc) is 3.71. The maximum Gasteiger partial charge on any atom is 0.330 e. The van der Waals surface area contributed by atoms with Gasteiger partial charge in [-0.1, -0.05) is 82.1 Å². The second-order valence-corrected chi connectivity index (χ2v) is 17.2.